The Bertz CT molecular complexity index is 1160. The number of hydrogen-bond acceptors (Lipinski definition) is 4. The first-order chi connectivity index (χ1) is 13.7. The minimum atomic E-state index is -0.336. The molecule has 0 radical (unpaired) electrons. The highest BCUT2D eigenvalue weighted by Gasteiger charge is 2.24. The summed E-state index contributed by atoms with van der Waals surface area (Å²) in [4.78, 5) is 12.8. The fraction of sp³-hybridized carbons (Fsp3) is 0.217. The maximum absolute atomic E-state index is 12.8. The Morgan fingerprint density at radius 1 is 1.07 bits per heavy atom. The third-order valence-electron chi connectivity index (χ3n) is 4.88. The number of nitrogens with zero attached hydrogens (tertiary/aromatic N) is 2. The molecule has 2 heterocycles. The molecule has 5 nitrogen and oxygen atoms in total. The second-order valence-electron chi connectivity index (χ2n) is 6.50. The van der Waals surface area contributed by atoms with Crippen LogP contribution in [0.5, 0.6) is 5.75 Å². The second kappa shape index (κ2) is 7.35. The number of aryl methyl sites for hydroxylation is 1. The Morgan fingerprint density at radius 2 is 1.86 bits per heavy atom. The number of aromatic nitrogens is 2. The lowest BCUT2D eigenvalue weighted by atomic mass is 10.0. The van der Waals surface area contributed by atoms with Crippen LogP contribution >= 0.6 is 0 Å². The van der Waals surface area contributed by atoms with Crippen molar-refractivity contribution in [3.8, 4) is 17.0 Å². The monoisotopic (exact) mass is 374 g/mol. The van der Waals surface area contributed by atoms with Crippen LogP contribution in [-0.2, 0) is 11.2 Å². The van der Waals surface area contributed by atoms with Gasteiger partial charge in [0, 0.05) is 10.9 Å². The average molecular weight is 374 g/mol. The number of pyridine rings is 1. The van der Waals surface area contributed by atoms with Gasteiger partial charge in [-0.25, -0.2) is 9.31 Å². The largest absolute Gasteiger partial charge is 0.497 e. The third-order valence-corrected chi connectivity index (χ3v) is 4.88. The number of methoxy groups -OCH3 is 1. The normalized spacial score (nSPS) is 11.1. The van der Waals surface area contributed by atoms with Gasteiger partial charge in [0.05, 0.1) is 30.6 Å². The molecule has 0 saturated heterocycles. The number of carbonyl (C=O) groups excluding carboxylic acids is 1. The van der Waals surface area contributed by atoms with E-state index in [2.05, 4.69) is 6.07 Å². The van der Waals surface area contributed by atoms with Crippen molar-refractivity contribution < 1.29 is 14.3 Å². The van der Waals surface area contributed by atoms with Gasteiger partial charge < -0.3 is 9.47 Å². The van der Waals surface area contributed by atoms with Crippen LogP contribution in [-0.4, -0.2) is 29.3 Å². The van der Waals surface area contributed by atoms with Crippen LogP contribution in [0.25, 0.3) is 27.5 Å². The molecule has 4 aromatic rings. The van der Waals surface area contributed by atoms with E-state index in [-0.39, 0.29) is 5.97 Å². The van der Waals surface area contributed by atoms with Gasteiger partial charge in [-0.05, 0) is 43.0 Å². The Kier molecular flexibility index (Phi) is 4.74. The standard InChI is InChI=1S/C23H22N2O3/c1-4-19-21(23(26)28-5-2)22-18-12-11-17(27-3)13-16(18)14-20(25(22)24-19)15-9-7-6-8-10-15/h6-14H,4-5H2,1-3H3. The molecule has 0 amide bonds. The maximum atomic E-state index is 12.8. The van der Waals surface area contributed by atoms with Crippen LogP contribution in [0.15, 0.2) is 54.6 Å². The van der Waals surface area contributed by atoms with E-state index in [1.165, 1.54) is 0 Å². The van der Waals surface area contributed by atoms with E-state index in [0.29, 0.717) is 18.6 Å². The Morgan fingerprint density at radius 3 is 2.54 bits per heavy atom. The first-order valence-electron chi connectivity index (χ1n) is 9.42. The van der Waals surface area contributed by atoms with Crippen molar-refractivity contribution in [1.29, 1.82) is 0 Å². The molecule has 0 aliphatic carbocycles. The first kappa shape index (κ1) is 18.0. The van der Waals surface area contributed by atoms with Gasteiger partial charge >= 0.3 is 5.97 Å². The second-order valence-corrected chi connectivity index (χ2v) is 6.50. The van der Waals surface area contributed by atoms with Gasteiger partial charge in [0.2, 0.25) is 0 Å². The molecule has 0 aliphatic rings. The van der Waals surface area contributed by atoms with Gasteiger partial charge in [0.25, 0.3) is 0 Å². The summed E-state index contributed by atoms with van der Waals surface area (Å²) in [7, 11) is 1.65. The lowest BCUT2D eigenvalue weighted by Gasteiger charge is -2.11. The number of rotatable bonds is 5. The van der Waals surface area contributed by atoms with E-state index in [1.807, 2.05) is 66.9 Å². The number of ether oxygens (including phenoxy) is 2. The van der Waals surface area contributed by atoms with Gasteiger partial charge in [0.1, 0.15) is 11.3 Å². The fourth-order valence-electron chi connectivity index (χ4n) is 3.58. The summed E-state index contributed by atoms with van der Waals surface area (Å²) in [5, 5.41) is 6.71. The maximum Gasteiger partial charge on any atom is 0.342 e. The molecule has 0 unspecified atom stereocenters. The van der Waals surface area contributed by atoms with Gasteiger partial charge in [-0.2, -0.15) is 5.10 Å². The molecule has 0 saturated carbocycles. The first-order valence-corrected chi connectivity index (χ1v) is 9.42. The highest BCUT2D eigenvalue weighted by molar-refractivity contribution is 6.10. The molecule has 28 heavy (non-hydrogen) atoms. The summed E-state index contributed by atoms with van der Waals surface area (Å²) in [5.74, 6) is 0.431. The number of carbonyl (C=O) groups is 1. The topological polar surface area (TPSA) is 52.8 Å². The predicted octanol–water partition coefficient (Wildman–Crippen LogP) is 4.90. The zero-order valence-electron chi connectivity index (χ0n) is 16.2. The van der Waals surface area contributed by atoms with E-state index in [1.54, 1.807) is 7.11 Å². The Hall–Kier alpha value is -3.34. The molecule has 0 aliphatic heterocycles. The summed E-state index contributed by atoms with van der Waals surface area (Å²) in [6, 6.07) is 18.0. The molecule has 0 N–H and O–H groups in total. The predicted molar refractivity (Wildman–Crippen MR) is 110 cm³/mol. The van der Waals surface area contributed by atoms with Crippen molar-refractivity contribution in [2.24, 2.45) is 0 Å². The van der Waals surface area contributed by atoms with Crippen molar-refractivity contribution in [1.82, 2.24) is 9.61 Å². The summed E-state index contributed by atoms with van der Waals surface area (Å²) in [5.41, 5.74) is 3.99. The minimum Gasteiger partial charge on any atom is -0.497 e. The van der Waals surface area contributed by atoms with Crippen molar-refractivity contribution in [2.45, 2.75) is 20.3 Å². The van der Waals surface area contributed by atoms with Crippen LogP contribution < -0.4 is 4.74 Å². The third kappa shape index (κ3) is 2.89. The van der Waals surface area contributed by atoms with E-state index < -0.39 is 0 Å². The number of esters is 1. The molecule has 0 spiro atoms. The van der Waals surface area contributed by atoms with Crippen molar-refractivity contribution in [3.63, 3.8) is 0 Å². The van der Waals surface area contributed by atoms with Crippen LogP contribution in [0.2, 0.25) is 0 Å². The number of hydrogen-bond donors (Lipinski definition) is 0. The zero-order valence-corrected chi connectivity index (χ0v) is 16.2. The quantitative estimate of drug-likeness (QED) is 0.466. The zero-order chi connectivity index (χ0) is 19.7. The van der Waals surface area contributed by atoms with Crippen LogP contribution in [0.4, 0.5) is 0 Å². The van der Waals surface area contributed by atoms with Crippen LogP contribution in [0.1, 0.15) is 29.9 Å². The van der Waals surface area contributed by atoms with Crippen molar-refractivity contribution in [2.75, 3.05) is 13.7 Å². The van der Waals surface area contributed by atoms with Gasteiger partial charge in [-0.15, -0.1) is 0 Å². The van der Waals surface area contributed by atoms with E-state index in [0.717, 1.165) is 39.0 Å². The van der Waals surface area contributed by atoms with Crippen molar-refractivity contribution in [3.05, 3.63) is 65.9 Å². The van der Waals surface area contributed by atoms with Crippen molar-refractivity contribution >= 4 is 22.3 Å². The molecule has 2 aromatic heterocycles. The average Bonchev–Trinajstić information content (AvgIpc) is 3.13. The SMILES string of the molecule is CCOC(=O)c1c(CC)nn2c(-c3ccccc3)cc3cc(OC)ccc3c12. The highest BCUT2D eigenvalue weighted by Crippen LogP contribution is 2.34. The Labute approximate surface area is 163 Å². The summed E-state index contributed by atoms with van der Waals surface area (Å²) in [6.45, 7) is 4.13. The van der Waals surface area contributed by atoms with Crippen LogP contribution in [0, 0.1) is 0 Å². The Balaban J connectivity index is 2.15. The van der Waals surface area contributed by atoms with E-state index in [4.69, 9.17) is 14.6 Å². The molecule has 2 aromatic carbocycles. The molecule has 4 rings (SSSR count). The number of fused-ring (bicyclic) bond motifs is 3. The van der Waals surface area contributed by atoms with Gasteiger partial charge in [-0.1, -0.05) is 37.3 Å². The van der Waals surface area contributed by atoms with Gasteiger partial charge in [0.15, 0.2) is 0 Å². The molecule has 0 atom stereocenters. The smallest absolute Gasteiger partial charge is 0.342 e. The molecule has 5 heteroatoms. The molecular formula is C23H22N2O3. The van der Waals surface area contributed by atoms with E-state index in [9.17, 15) is 4.79 Å². The molecule has 0 fully saturated rings. The molecule has 142 valence electrons. The highest BCUT2D eigenvalue weighted by atomic mass is 16.5. The lowest BCUT2D eigenvalue weighted by Crippen LogP contribution is -2.07. The number of benzene rings is 2. The lowest BCUT2D eigenvalue weighted by molar-refractivity contribution is 0.0527. The molecular weight excluding hydrogens is 352 g/mol. The fourth-order valence-corrected chi connectivity index (χ4v) is 3.58. The molecule has 0 bridgehead atoms. The summed E-state index contributed by atoms with van der Waals surface area (Å²) in [6.07, 6.45) is 0.641. The van der Waals surface area contributed by atoms with Gasteiger partial charge in [-0.3, -0.25) is 0 Å². The summed E-state index contributed by atoms with van der Waals surface area (Å²) < 4.78 is 12.6. The minimum absolute atomic E-state index is 0.323. The van der Waals surface area contributed by atoms with Crippen LogP contribution in [0.3, 0.4) is 0 Å². The van der Waals surface area contributed by atoms with E-state index >= 15 is 0 Å². The summed E-state index contributed by atoms with van der Waals surface area (Å²) >= 11 is 0.